The average Bonchev–Trinajstić information content (AvgIpc) is 3.17. The Balaban J connectivity index is 1.60. The molecule has 0 saturated heterocycles. The molecular formula is C21H23ClF3N6OP. The highest BCUT2D eigenvalue weighted by Crippen LogP contribution is 2.48. The van der Waals surface area contributed by atoms with Gasteiger partial charge in [0.1, 0.15) is 5.65 Å². The molecule has 0 aliphatic heterocycles. The highest BCUT2D eigenvalue weighted by atomic mass is 35.5. The fourth-order valence-electron chi connectivity index (χ4n) is 4.16. The molecule has 1 fully saturated rings. The zero-order valence-corrected chi connectivity index (χ0v) is 19.9. The van der Waals surface area contributed by atoms with Gasteiger partial charge < -0.3 is 15.2 Å². The van der Waals surface area contributed by atoms with Crippen LogP contribution in [0.3, 0.4) is 0 Å². The number of halogens is 4. The Bertz CT molecular complexity index is 1210. The van der Waals surface area contributed by atoms with Crippen LogP contribution in [0, 0.1) is 5.82 Å². The highest BCUT2D eigenvalue weighted by Gasteiger charge is 2.58. The van der Waals surface area contributed by atoms with Crippen LogP contribution in [0.1, 0.15) is 25.7 Å². The molecule has 3 aromatic heterocycles. The molecule has 3 aromatic rings. The number of hydrogen-bond acceptors (Lipinski definition) is 5. The van der Waals surface area contributed by atoms with Crippen molar-refractivity contribution in [3.05, 3.63) is 35.5 Å². The summed E-state index contributed by atoms with van der Waals surface area (Å²) < 4.78 is 44.6. The van der Waals surface area contributed by atoms with E-state index in [4.69, 9.17) is 11.6 Å². The summed E-state index contributed by atoms with van der Waals surface area (Å²) >= 11 is 6.05. The van der Waals surface area contributed by atoms with E-state index >= 15 is 8.78 Å². The van der Waals surface area contributed by atoms with Crippen LogP contribution in [0.25, 0.3) is 22.4 Å². The van der Waals surface area contributed by atoms with Crippen LogP contribution in [-0.4, -0.2) is 62.0 Å². The maximum absolute atomic E-state index is 15.0. The van der Waals surface area contributed by atoms with Gasteiger partial charge in [-0.15, -0.1) is 9.24 Å². The van der Waals surface area contributed by atoms with Gasteiger partial charge >= 0.3 is 5.92 Å². The smallest absolute Gasteiger partial charge is 0.333 e. The number of anilines is 1. The molecular weight excluding hydrogens is 476 g/mol. The van der Waals surface area contributed by atoms with Crippen molar-refractivity contribution in [2.45, 2.75) is 42.8 Å². The minimum Gasteiger partial charge on any atom is -0.365 e. The van der Waals surface area contributed by atoms with Crippen LogP contribution in [0.15, 0.2) is 24.7 Å². The Kier molecular flexibility index (Phi) is 6.26. The second-order valence-electron chi connectivity index (χ2n) is 8.51. The summed E-state index contributed by atoms with van der Waals surface area (Å²) in [7, 11) is 4.78. The van der Waals surface area contributed by atoms with E-state index in [1.165, 1.54) is 20.3 Å². The molecule has 0 spiro atoms. The summed E-state index contributed by atoms with van der Waals surface area (Å²) in [5, 5.41) is 2.41. The van der Waals surface area contributed by atoms with Crippen LogP contribution in [0.4, 0.5) is 19.0 Å². The summed E-state index contributed by atoms with van der Waals surface area (Å²) in [5.74, 6) is -5.39. The lowest BCUT2D eigenvalue weighted by Crippen LogP contribution is -2.56. The maximum atomic E-state index is 15.0. The fraction of sp³-hybridized carbons (Fsp3) is 0.429. The number of H-pyrrole nitrogens is 1. The van der Waals surface area contributed by atoms with Crippen molar-refractivity contribution in [3.63, 3.8) is 0 Å². The Morgan fingerprint density at radius 2 is 2.12 bits per heavy atom. The molecule has 4 rings (SSSR count). The van der Waals surface area contributed by atoms with E-state index in [1.54, 1.807) is 12.3 Å². The van der Waals surface area contributed by atoms with E-state index in [2.05, 4.69) is 34.5 Å². The predicted molar refractivity (Wildman–Crippen MR) is 124 cm³/mol. The highest BCUT2D eigenvalue weighted by molar-refractivity contribution is 7.19. The van der Waals surface area contributed by atoms with Crippen LogP contribution in [0.2, 0.25) is 5.02 Å². The number of amides is 1. The van der Waals surface area contributed by atoms with E-state index in [0.717, 1.165) is 11.1 Å². The minimum atomic E-state index is -3.58. The fourth-order valence-corrected chi connectivity index (χ4v) is 4.93. The topological polar surface area (TPSA) is 86.8 Å². The largest absolute Gasteiger partial charge is 0.365 e. The van der Waals surface area contributed by atoms with Gasteiger partial charge in [-0.1, -0.05) is 18.0 Å². The number of hydrogen-bond donors (Lipinski definition) is 2. The van der Waals surface area contributed by atoms with E-state index in [0.29, 0.717) is 34.5 Å². The normalized spacial score (nSPS) is 21.2. The van der Waals surface area contributed by atoms with Crippen LogP contribution in [0.5, 0.6) is 0 Å². The van der Waals surface area contributed by atoms with E-state index < -0.39 is 28.8 Å². The monoisotopic (exact) mass is 498 g/mol. The number of aromatic nitrogens is 4. The Labute approximate surface area is 195 Å². The van der Waals surface area contributed by atoms with E-state index in [9.17, 15) is 9.18 Å². The Hall–Kier alpha value is -2.45. The van der Waals surface area contributed by atoms with Gasteiger partial charge in [-0.05, 0) is 25.3 Å². The van der Waals surface area contributed by atoms with Gasteiger partial charge in [0.15, 0.2) is 17.5 Å². The van der Waals surface area contributed by atoms with Gasteiger partial charge in [0, 0.05) is 43.5 Å². The molecule has 0 bridgehead atoms. The number of fused-ring (bicyclic) bond motifs is 1. The van der Waals surface area contributed by atoms with Gasteiger partial charge in [-0.3, -0.25) is 4.79 Å². The lowest BCUT2D eigenvalue weighted by Gasteiger charge is -2.43. The summed E-state index contributed by atoms with van der Waals surface area (Å²) in [4.78, 5) is 28.6. The van der Waals surface area contributed by atoms with Crippen molar-refractivity contribution in [3.8, 4) is 11.4 Å². The predicted octanol–water partition coefficient (Wildman–Crippen LogP) is 4.50. The molecule has 1 amide bonds. The first-order valence-corrected chi connectivity index (χ1v) is 11.3. The van der Waals surface area contributed by atoms with Crippen molar-refractivity contribution >= 4 is 43.6 Å². The van der Waals surface area contributed by atoms with Gasteiger partial charge in [-0.2, -0.15) is 8.78 Å². The second-order valence-corrected chi connectivity index (χ2v) is 10.1. The van der Waals surface area contributed by atoms with Crippen molar-refractivity contribution in [2.24, 2.45) is 0 Å². The number of nitrogens with zero attached hydrogens (tertiary/aromatic N) is 4. The Morgan fingerprint density at radius 3 is 2.85 bits per heavy atom. The second kappa shape index (κ2) is 8.72. The first kappa shape index (κ1) is 23.7. The molecule has 1 saturated carbocycles. The first-order chi connectivity index (χ1) is 15.5. The van der Waals surface area contributed by atoms with Gasteiger partial charge in [0.2, 0.25) is 0 Å². The SMILES string of the molecule is CN(C)C(=O)C(F)(F)[C@]1(P)CCC[C@@H](Nc2nc(-c3c[nH]c4ncc(Cl)cc34)ncc2F)C1. The van der Waals surface area contributed by atoms with Crippen LogP contribution in [-0.2, 0) is 4.79 Å². The van der Waals surface area contributed by atoms with Crippen LogP contribution >= 0.6 is 20.8 Å². The van der Waals surface area contributed by atoms with Gasteiger partial charge in [0.05, 0.1) is 16.4 Å². The van der Waals surface area contributed by atoms with Crippen LogP contribution < -0.4 is 5.32 Å². The first-order valence-electron chi connectivity index (χ1n) is 10.3. The molecule has 1 aliphatic carbocycles. The molecule has 12 heteroatoms. The molecule has 3 heterocycles. The maximum Gasteiger partial charge on any atom is 0.333 e. The van der Waals surface area contributed by atoms with Crippen molar-refractivity contribution in [2.75, 3.05) is 19.4 Å². The molecule has 0 aromatic carbocycles. The zero-order valence-electron chi connectivity index (χ0n) is 18.0. The lowest BCUT2D eigenvalue weighted by atomic mass is 9.80. The molecule has 1 aliphatic rings. The average molecular weight is 499 g/mol. The standard InChI is InChI=1S/C21H23ClF3N6OP/c1-31(2)19(32)21(24,25)20(33)5-3-4-12(7-20)29-18-15(23)10-28-17(30-18)14-9-27-16-13(14)6-11(22)8-26-16/h6,8-10,12H,3-5,7,33H2,1-2H3,(H,26,27)(H,28,29,30)/t12-,20+/m1/s1. The molecule has 33 heavy (non-hydrogen) atoms. The van der Waals surface area contributed by atoms with Crippen molar-refractivity contribution in [1.82, 2.24) is 24.8 Å². The molecule has 1 unspecified atom stereocenters. The molecule has 2 N–H and O–H groups in total. The third-order valence-electron chi connectivity index (χ3n) is 5.91. The van der Waals surface area contributed by atoms with E-state index in [-0.39, 0.29) is 24.5 Å². The van der Waals surface area contributed by atoms with E-state index in [1.807, 2.05) is 0 Å². The van der Waals surface area contributed by atoms with Gasteiger partial charge in [-0.25, -0.2) is 19.3 Å². The number of carbonyl (C=O) groups is 1. The van der Waals surface area contributed by atoms with Crippen molar-refractivity contribution < 1.29 is 18.0 Å². The molecule has 7 nitrogen and oxygen atoms in total. The summed E-state index contributed by atoms with van der Waals surface area (Å²) in [6.45, 7) is 0. The number of nitrogens with one attached hydrogen (secondary N) is 2. The Morgan fingerprint density at radius 1 is 1.36 bits per heavy atom. The third-order valence-corrected chi connectivity index (χ3v) is 7.00. The quantitative estimate of drug-likeness (QED) is 0.506. The number of alkyl halides is 2. The number of pyridine rings is 1. The summed E-state index contributed by atoms with van der Waals surface area (Å²) in [6, 6.07) is 1.19. The minimum absolute atomic E-state index is 0.0460. The molecule has 176 valence electrons. The molecule has 3 atom stereocenters. The number of aromatic amines is 1. The molecule has 0 radical (unpaired) electrons. The summed E-state index contributed by atoms with van der Waals surface area (Å²) in [5.41, 5.74) is 1.15. The number of rotatable bonds is 5. The zero-order chi connectivity index (χ0) is 24.0. The van der Waals surface area contributed by atoms with Gasteiger partial charge in [0.25, 0.3) is 5.91 Å². The van der Waals surface area contributed by atoms with Crippen molar-refractivity contribution in [1.29, 1.82) is 0 Å². The lowest BCUT2D eigenvalue weighted by molar-refractivity contribution is -0.161. The summed E-state index contributed by atoms with van der Waals surface area (Å²) in [6.07, 6.45) is 5.27. The number of carbonyl (C=O) groups excluding carboxylic acids is 1. The third kappa shape index (κ3) is 4.38.